The van der Waals surface area contributed by atoms with E-state index in [1.165, 1.54) is 41.5 Å². The number of rotatable bonds is 3. The van der Waals surface area contributed by atoms with Gasteiger partial charge >= 0.3 is 6.09 Å². The molecule has 1 heterocycles. The fourth-order valence-electron chi connectivity index (χ4n) is 4.76. The average molecular weight is 348 g/mol. The number of benzene rings is 2. The lowest BCUT2D eigenvalue weighted by Crippen LogP contribution is -2.33. The summed E-state index contributed by atoms with van der Waals surface area (Å²) in [6.45, 7) is 1.44. The summed E-state index contributed by atoms with van der Waals surface area (Å²) in [6.07, 6.45) is 3.40. The predicted molar refractivity (Wildman–Crippen MR) is 101 cm³/mol. The second-order valence-electron chi connectivity index (χ2n) is 7.64. The maximum absolute atomic E-state index is 12.3. The van der Waals surface area contributed by atoms with Gasteiger partial charge in [-0.25, -0.2) is 4.79 Å². The lowest BCUT2D eigenvalue weighted by Gasteiger charge is -2.15. The van der Waals surface area contributed by atoms with Crippen LogP contribution >= 0.6 is 0 Å². The minimum atomic E-state index is -0.285. The van der Waals surface area contributed by atoms with Gasteiger partial charge in [-0.15, -0.1) is 0 Å². The average Bonchev–Trinajstić information content (AvgIpc) is 3.29. The largest absolute Gasteiger partial charge is 0.449 e. The zero-order valence-electron chi connectivity index (χ0n) is 14.8. The Balaban J connectivity index is 1.25. The molecule has 4 nitrogen and oxygen atoms in total. The summed E-state index contributed by atoms with van der Waals surface area (Å²) in [5, 5.41) is 6.60. The Morgan fingerprint density at radius 3 is 2.46 bits per heavy atom. The molecule has 0 spiro atoms. The molecule has 3 aliphatic rings. The highest BCUT2D eigenvalue weighted by molar-refractivity contribution is 5.79. The third-order valence-corrected chi connectivity index (χ3v) is 6.14. The van der Waals surface area contributed by atoms with E-state index in [2.05, 4.69) is 59.2 Å². The molecular formula is C22H24N2O2. The molecule has 1 saturated heterocycles. The molecule has 2 aliphatic carbocycles. The molecule has 26 heavy (non-hydrogen) atoms. The molecule has 2 fully saturated rings. The van der Waals surface area contributed by atoms with Crippen LogP contribution in [0.4, 0.5) is 4.79 Å². The fraction of sp³-hybridized carbons (Fsp3) is 0.409. The van der Waals surface area contributed by atoms with E-state index in [1.807, 2.05) is 0 Å². The van der Waals surface area contributed by atoms with Crippen LogP contribution in [0.15, 0.2) is 48.5 Å². The monoisotopic (exact) mass is 348 g/mol. The molecule has 1 amide bonds. The van der Waals surface area contributed by atoms with Gasteiger partial charge in [0, 0.05) is 12.0 Å². The van der Waals surface area contributed by atoms with E-state index in [0.29, 0.717) is 18.6 Å². The van der Waals surface area contributed by atoms with E-state index in [9.17, 15) is 4.79 Å². The first-order valence-corrected chi connectivity index (χ1v) is 9.68. The van der Waals surface area contributed by atoms with Crippen molar-refractivity contribution in [3.63, 3.8) is 0 Å². The summed E-state index contributed by atoms with van der Waals surface area (Å²) in [6, 6.07) is 17.5. The Bertz CT molecular complexity index is 777. The lowest BCUT2D eigenvalue weighted by atomic mass is 9.98. The van der Waals surface area contributed by atoms with E-state index in [-0.39, 0.29) is 18.1 Å². The summed E-state index contributed by atoms with van der Waals surface area (Å²) < 4.78 is 5.65. The highest BCUT2D eigenvalue weighted by atomic mass is 16.5. The molecule has 3 atom stereocenters. The van der Waals surface area contributed by atoms with Gasteiger partial charge in [0.1, 0.15) is 6.61 Å². The van der Waals surface area contributed by atoms with Crippen molar-refractivity contribution < 1.29 is 9.53 Å². The highest BCUT2D eigenvalue weighted by Gasteiger charge is 2.51. The SMILES string of the molecule is O=C(NC1C2CCCCNC21)OCC1c2ccccc2-c2ccccc21. The van der Waals surface area contributed by atoms with Crippen molar-refractivity contribution in [1.29, 1.82) is 0 Å². The number of carbonyl (C=O) groups excluding carboxylic acids is 1. The van der Waals surface area contributed by atoms with Crippen molar-refractivity contribution in [2.45, 2.75) is 37.3 Å². The van der Waals surface area contributed by atoms with Crippen molar-refractivity contribution in [2.24, 2.45) is 5.92 Å². The second kappa shape index (κ2) is 6.44. The Hall–Kier alpha value is -2.33. The Morgan fingerprint density at radius 2 is 1.73 bits per heavy atom. The van der Waals surface area contributed by atoms with Crippen molar-refractivity contribution >= 4 is 6.09 Å². The fourth-order valence-corrected chi connectivity index (χ4v) is 4.76. The molecule has 1 aliphatic heterocycles. The van der Waals surface area contributed by atoms with E-state index in [0.717, 1.165) is 6.54 Å². The molecule has 2 aromatic carbocycles. The van der Waals surface area contributed by atoms with Crippen molar-refractivity contribution in [1.82, 2.24) is 10.6 Å². The summed E-state index contributed by atoms with van der Waals surface area (Å²) in [4.78, 5) is 12.3. The van der Waals surface area contributed by atoms with Crippen molar-refractivity contribution in [3.05, 3.63) is 59.7 Å². The Labute approximate surface area is 153 Å². The number of alkyl carbamates (subject to hydrolysis) is 1. The number of fused-ring (bicyclic) bond motifs is 4. The molecule has 1 saturated carbocycles. The number of hydrogen-bond donors (Lipinski definition) is 2. The van der Waals surface area contributed by atoms with Gasteiger partial charge in [0.15, 0.2) is 0 Å². The van der Waals surface area contributed by atoms with Gasteiger partial charge in [0.25, 0.3) is 0 Å². The van der Waals surface area contributed by atoms with Gasteiger partial charge in [-0.2, -0.15) is 0 Å². The summed E-state index contributed by atoms with van der Waals surface area (Å²) in [5.74, 6) is 0.703. The van der Waals surface area contributed by atoms with Crippen LogP contribution in [0.2, 0.25) is 0 Å². The topological polar surface area (TPSA) is 50.4 Å². The van der Waals surface area contributed by atoms with Gasteiger partial charge in [0.2, 0.25) is 0 Å². The molecule has 2 N–H and O–H groups in total. The summed E-state index contributed by atoms with van der Waals surface area (Å²) in [7, 11) is 0. The standard InChI is InChI=1S/C22H24N2O2/c25-22(24-21-18-11-5-6-12-23-20(18)21)26-13-19-16-9-3-1-7-14(16)15-8-2-4-10-17(15)19/h1-4,7-10,18-21,23H,5-6,11-13H2,(H,24,25). The first kappa shape index (κ1) is 15.9. The number of hydrogen-bond acceptors (Lipinski definition) is 3. The third-order valence-electron chi connectivity index (χ3n) is 6.14. The number of ether oxygens (including phenoxy) is 1. The number of carbonyl (C=O) groups is 1. The molecule has 134 valence electrons. The Kier molecular flexibility index (Phi) is 3.93. The van der Waals surface area contributed by atoms with Crippen LogP contribution in [0.1, 0.15) is 36.3 Å². The van der Waals surface area contributed by atoms with E-state index in [1.54, 1.807) is 0 Å². The predicted octanol–water partition coefficient (Wildman–Crippen LogP) is 3.67. The van der Waals surface area contributed by atoms with Gasteiger partial charge < -0.3 is 15.4 Å². The van der Waals surface area contributed by atoms with Gasteiger partial charge in [-0.3, -0.25) is 0 Å². The van der Waals surface area contributed by atoms with Crippen LogP contribution in [-0.4, -0.2) is 31.3 Å². The molecular weight excluding hydrogens is 324 g/mol. The van der Waals surface area contributed by atoms with E-state index < -0.39 is 0 Å². The maximum Gasteiger partial charge on any atom is 0.407 e. The first-order valence-electron chi connectivity index (χ1n) is 9.68. The highest BCUT2D eigenvalue weighted by Crippen LogP contribution is 2.44. The van der Waals surface area contributed by atoms with Crippen LogP contribution in [0, 0.1) is 5.92 Å². The minimum absolute atomic E-state index is 0.121. The summed E-state index contributed by atoms with van der Waals surface area (Å²) >= 11 is 0. The lowest BCUT2D eigenvalue weighted by molar-refractivity contribution is 0.141. The van der Waals surface area contributed by atoms with Crippen molar-refractivity contribution in [3.8, 4) is 11.1 Å². The van der Waals surface area contributed by atoms with E-state index in [4.69, 9.17) is 4.74 Å². The number of nitrogens with one attached hydrogen (secondary N) is 2. The van der Waals surface area contributed by atoms with Crippen molar-refractivity contribution in [2.75, 3.05) is 13.2 Å². The number of amides is 1. The molecule has 3 unspecified atom stereocenters. The van der Waals surface area contributed by atoms with Gasteiger partial charge in [-0.05, 0) is 47.6 Å². The second-order valence-corrected chi connectivity index (χ2v) is 7.64. The van der Waals surface area contributed by atoms with Crippen LogP contribution in [0.5, 0.6) is 0 Å². The molecule has 5 rings (SSSR count). The molecule has 2 aromatic rings. The smallest absolute Gasteiger partial charge is 0.407 e. The van der Waals surface area contributed by atoms with Gasteiger partial charge in [0.05, 0.1) is 6.04 Å². The zero-order chi connectivity index (χ0) is 17.5. The molecule has 0 aromatic heterocycles. The third kappa shape index (κ3) is 2.69. The molecule has 0 radical (unpaired) electrons. The zero-order valence-corrected chi connectivity index (χ0v) is 14.8. The first-order chi connectivity index (χ1) is 12.8. The van der Waals surface area contributed by atoms with E-state index >= 15 is 0 Å². The molecule has 4 heteroatoms. The van der Waals surface area contributed by atoms with Gasteiger partial charge in [-0.1, -0.05) is 55.0 Å². The Morgan fingerprint density at radius 1 is 1.04 bits per heavy atom. The minimum Gasteiger partial charge on any atom is -0.449 e. The normalized spacial score (nSPS) is 26.2. The molecule has 0 bridgehead atoms. The van der Waals surface area contributed by atoms with Crippen LogP contribution in [0.3, 0.4) is 0 Å². The quantitative estimate of drug-likeness (QED) is 0.890. The van der Waals surface area contributed by atoms with Crippen LogP contribution < -0.4 is 10.6 Å². The summed E-state index contributed by atoms with van der Waals surface area (Å²) in [5.41, 5.74) is 5.01. The van der Waals surface area contributed by atoms with Crippen LogP contribution in [0.25, 0.3) is 11.1 Å². The van der Waals surface area contributed by atoms with Crippen LogP contribution in [-0.2, 0) is 4.74 Å². The maximum atomic E-state index is 12.3.